The third-order valence-corrected chi connectivity index (χ3v) is 3.75. The van der Waals surface area contributed by atoms with Gasteiger partial charge in [-0.1, -0.05) is 35.5 Å². The summed E-state index contributed by atoms with van der Waals surface area (Å²) in [7, 11) is 0. The van der Waals surface area contributed by atoms with Gasteiger partial charge < -0.3 is 14.4 Å². The lowest BCUT2D eigenvalue weighted by atomic mass is 10.1. The van der Waals surface area contributed by atoms with Crippen LogP contribution in [-0.2, 0) is 4.74 Å². The Hall–Kier alpha value is -1.69. The van der Waals surface area contributed by atoms with Gasteiger partial charge in [-0.3, -0.25) is 4.90 Å². The molecular formula is C16H20N2O3. The van der Waals surface area contributed by atoms with Gasteiger partial charge in [-0.15, -0.1) is 0 Å². The number of morpholine rings is 1. The normalized spacial score (nSPS) is 17.8. The molecule has 0 amide bonds. The fourth-order valence-corrected chi connectivity index (χ4v) is 2.46. The molecule has 1 aromatic carbocycles. The van der Waals surface area contributed by atoms with Gasteiger partial charge in [-0.25, -0.2) is 0 Å². The molecule has 0 radical (unpaired) electrons. The van der Waals surface area contributed by atoms with E-state index in [0.29, 0.717) is 17.9 Å². The molecule has 5 nitrogen and oxygen atoms in total. The molecule has 21 heavy (non-hydrogen) atoms. The maximum Gasteiger partial charge on any atom is 0.167 e. The zero-order valence-corrected chi connectivity index (χ0v) is 11.9. The molecule has 0 spiro atoms. The average molecular weight is 288 g/mol. The summed E-state index contributed by atoms with van der Waals surface area (Å²) in [6.07, 6.45) is 0.0647. The first-order valence-electron chi connectivity index (χ1n) is 7.33. The van der Waals surface area contributed by atoms with Crippen molar-refractivity contribution < 1.29 is 14.4 Å². The fourth-order valence-electron chi connectivity index (χ4n) is 2.46. The Balaban J connectivity index is 1.57. The van der Waals surface area contributed by atoms with Crippen molar-refractivity contribution in [3.63, 3.8) is 0 Å². The van der Waals surface area contributed by atoms with Crippen LogP contribution in [0, 0.1) is 0 Å². The molecule has 2 heterocycles. The number of ether oxygens (including phenoxy) is 1. The minimum atomic E-state index is -0.589. The molecule has 0 aliphatic carbocycles. The van der Waals surface area contributed by atoms with Crippen LogP contribution in [0.3, 0.4) is 0 Å². The van der Waals surface area contributed by atoms with Crippen LogP contribution in [0.5, 0.6) is 0 Å². The van der Waals surface area contributed by atoms with E-state index in [2.05, 4.69) is 10.1 Å². The Morgan fingerprint density at radius 2 is 1.95 bits per heavy atom. The van der Waals surface area contributed by atoms with Gasteiger partial charge >= 0.3 is 0 Å². The van der Waals surface area contributed by atoms with Crippen LogP contribution in [0.15, 0.2) is 40.9 Å². The zero-order valence-electron chi connectivity index (χ0n) is 11.9. The first kappa shape index (κ1) is 14.3. The number of nitrogens with zero attached hydrogens (tertiary/aromatic N) is 2. The lowest BCUT2D eigenvalue weighted by molar-refractivity contribution is 0.0295. The second kappa shape index (κ2) is 6.85. The van der Waals surface area contributed by atoms with Crippen molar-refractivity contribution in [3.05, 3.63) is 42.1 Å². The Kier molecular flexibility index (Phi) is 4.65. The zero-order chi connectivity index (χ0) is 14.5. The van der Waals surface area contributed by atoms with E-state index < -0.39 is 6.10 Å². The molecule has 1 N–H and O–H groups in total. The van der Waals surface area contributed by atoms with E-state index >= 15 is 0 Å². The number of hydrogen-bond acceptors (Lipinski definition) is 5. The lowest BCUT2D eigenvalue weighted by Gasteiger charge is -2.27. The van der Waals surface area contributed by atoms with E-state index in [4.69, 9.17) is 9.26 Å². The number of aliphatic hydroxyl groups excluding tert-OH is 1. The molecule has 1 aliphatic rings. The molecule has 1 atom stereocenters. The highest BCUT2D eigenvalue weighted by Crippen LogP contribution is 2.24. The van der Waals surface area contributed by atoms with Crippen LogP contribution in [0.25, 0.3) is 11.3 Å². The van der Waals surface area contributed by atoms with E-state index in [-0.39, 0.29) is 0 Å². The van der Waals surface area contributed by atoms with Crippen molar-refractivity contribution in [3.8, 4) is 11.3 Å². The number of benzene rings is 1. The van der Waals surface area contributed by atoms with Crippen LogP contribution in [0.2, 0.25) is 0 Å². The van der Waals surface area contributed by atoms with Gasteiger partial charge in [0.1, 0.15) is 11.8 Å². The van der Waals surface area contributed by atoms with Crippen molar-refractivity contribution in [1.29, 1.82) is 0 Å². The molecule has 0 bridgehead atoms. The summed E-state index contributed by atoms with van der Waals surface area (Å²) in [5.41, 5.74) is 1.57. The highest BCUT2D eigenvalue weighted by atomic mass is 16.5. The van der Waals surface area contributed by atoms with E-state index in [9.17, 15) is 5.11 Å². The van der Waals surface area contributed by atoms with E-state index in [0.717, 1.165) is 38.4 Å². The molecule has 3 rings (SSSR count). The number of aromatic nitrogens is 1. The predicted octanol–water partition coefficient (Wildman–Crippen LogP) is 2.10. The molecule has 1 saturated heterocycles. The second-order valence-corrected chi connectivity index (χ2v) is 5.24. The predicted molar refractivity (Wildman–Crippen MR) is 78.8 cm³/mol. The van der Waals surface area contributed by atoms with Gasteiger partial charge in [0.25, 0.3) is 0 Å². The lowest BCUT2D eigenvalue weighted by Crippen LogP contribution is -2.37. The topological polar surface area (TPSA) is 58.7 Å². The van der Waals surface area contributed by atoms with Crippen LogP contribution in [0.4, 0.5) is 0 Å². The highest BCUT2D eigenvalue weighted by Gasteiger charge is 2.17. The van der Waals surface area contributed by atoms with Crippen molar-refractivity contribution in [1.82, 2.24) is 10.1 Å². The number of rotatable bonds is 5. The monoisotopic (exact) mass is 288 g/mol. The minimum Gasteiger partial charge on any atom is -0.387 e. The molecule has 5 heteroatoms. The van der Waals surface area contributed by atoms with Gasteiger partial charge in [0.2, 0.25) is 0 Å². The number of aliphatic hydroxyl groups is 1. The number of hydrogen-bond donors (Lipinski definition) is 1. The average Bonchev–Trinajstić information content (AvgIpc) is 3.04. The minimum absolute atomic E-state index is 0.589. The first-order chi connectivity index (χ1) is 10.3. The van der Waals surface area contributed by atoms with Crippen LogP contribution < -0.4 is 0 Å². The van der Waals surface area contributed by atoms with E-state index in [1.54, 1.807) is 0 Å². The molecule has 0 saturated carbocycles. The van der Waals surface area contributed by atoms with Gasteiger partial charge in [0.15, 0.2) is 5.76 Å². The van der Waals surface area contributed by atoms with Gasteiger partial charge in [-0.2, -0.15) is 0 Å². The Morgan fingerprint density at radius 1 is 1.19 bits per heavy atom. The maximum atomic E-state index is 10.2. The molecule has 1 aromatic heterocycles. The Bertz CT molecular complexity index is 550. The summed E-state index contributed by atoms with van der Waals surface area (Å²) in [6, 6.07) is 11.6. The summed E-state index contributed by atoms with van der Waals surface area (Å²) < 4.78 is 10.6. The molecular weight excluding hydrogens is 268 g/mol. The third kappa shape index (κ3) is 3.69. The summed E-state index contributed by atoms with van der Waals surface area (Å²) in [5, 5.41) is 14.2. The van der Waals surface area contributed by atoms with Gasteiger partial charge in [-0.05, 0) is 6.42 Å². The molecule has 1 unspecified atom stereocenters. The van der Waals surface area contributed by atoms with Crippen molar-refractivity contribution in [2.45, 2.75) is 12.5 Å². The highest BCUT2D eigenvalue weighted by molar-refractivity contribution is 5.56. The standard InChI is InChI=1S/C16H20N2O3/c19-15(6-7-18-8-10-20-11-9-18)14-12-16(21-17-14)13-4-2-1-3-5-13/h1-5,12,15,19H,6-11H2. The molecule has 1 aliphatic heterocycles. The maximum absolute atomic E-state index is 10.2. The largest absolute Gasteiger partial charge is 0.387 e. The Morgan fingerprint density at radius 3 is 2.71 bits per heavy atom. The molecule has 112 valence electrons. The molecule has 2 aromatic rings. The van der Waals surface area contributed by atoms with Gasteiger partial charge in [0.05, 0.1) is 13.2 Å². The Labute approximate surface area is 124 Å². The van der Waals surface area contributed by atoms with Crippen LogP contribution in [-0.4, -0.2) is 48.0 Å². The summed E-state index contributed by atoms with van der Waals surface area (Å²) in [6.45, 7) is 4.26. The first-order valence-corrected chi connectivity index (χ1v) is 7.33. The summed E-state index contributed by atoms with van der Waals surface area (Å²) >= 11 is 0. The van der Waals surface area contributed by atoms with Crippen molar-refractivity contribution in [2.75, 3.05) is 32.8 Å². The van der Waals surface area contributed by atoms with E-state index in [1.165, 1.54) is 0 Å². The van der Waals surface area contributed by atoms with E-state index in [1.807, 2.05) is 36.4 Å². The van der Waals surface area contributed by atoms with Gasteiger partial charge in [0, 0.05) is 31.3 Å². The summed E-state index contributed by atoms with van der Waals surface area (Å²) in [4.78, 5) is 2.30. The summed E-state index contributed by atoms with van der Waals surface area (Å²) in [5.74, 6) is 0.691. The molecule has 1 fully saturated rings. The fraction of sp³-hybridized carbons (Fsp3) is 0.438. The third-order valence-electron chi connectivity index (χ3n) is 3.75. The van der Waals surface area contributed by atoms with Crippen LogP contribution in [0.1, 0.15) is 18.2 Å². The van der Waals surface area contributed by atoms with Crippen molar-refractivity contribution >= 4 is 0 Å². The van der Waals surface area contributed by atoms with Crippen molar-refractivity contribution in [2.24, 2.45) is 0 Å². The quantitative estimate of drug-likeness (QED) is 0.913. The van der Waals surface area contributed by atoms with Crippen LogP contribution >= 0.6 is 0 Å². The second-order valence-electron chi connectivity index (χ2n) is 5.24. The smallest absolute Gasteiger partial charge is 0.167 e. The SMILES string of the molecule is OC(CCN1CCOCC1)c1cc(-c2ccccc2)on1.